The number of ether oxygens (including phenoxy) is 2. The van der Waals surface area contributed by atoms with Crippen LogP contribution in [-0.2, 0) is 9.53 Å². The van der Waals surface area contributed by atoms with Crippen LogP contribution in [0.2, 0.25) is 0 Å². The topological polar surface area (TPSA) is 59.6 Å². The molecule has 1 aromatic carbocycles. The summed E-state index contributed by atoms with van der Waals surface area (Å²) >= 11 is 0. The highest BCUT2D eigenvalue weighted by atomic mass is 35.5. The lowest BCUT2D eigenvalue weighted by molar-refractivity contribution is -0.124. The Morgan fingerprint density at radius 3 is 2.90 bits per heavy atom. The molecule has 1 atom stereocenters. The lowest BCUT2D eigenvalue weighted by atomic mass is 10.2. The lowest BCUT2D eigenvalue weighted by Crippen LogP contribution is -2.41. The first-order valence-corrected chi connectivity index (χ1v) is 6.61. The number of carbonyl (C=O) groups excluding carboxylic acids is 1. The van der Waals surface area contributed by atoms with Crippen molar-refractivity contribution in [2.24, 2.45) is 0 Å². The number of hydrogen-bond donors (Lipinski definition) is 2. The molecule has 0 spiro atoms. The van der Waals surface area contributed by atoms with Crippen LogP contribution in [0.15, 0.2) is 30.3 Å². The van der Waals surface area contributed by atoms with E-state index in [2.05, 4.69) is 10.6 Å². The highest BCUT2D eigenvalue weighted by Gasteiger charge is 2.16. The molecule has 2 N–H and O–H groups in total. The van der Waals surface area contributed by atoms with Crippen molar-refractivity contribution < 1.29 is 14.3 Å². The number of hydrogen-bond acceptors (Lipinski definition) is 4. The Bertz CT molecular complexity index is 383. The monoisotopic (exact) mass is 300 g/mol. The normalized spacial score (nSPS) is 17.9. The van der Waals surface area contributed by atoms with Gasteiger partial charge in [-0.2, -0.15) is 0 Å². The van der Waals surface area contributed by atoms with Gasteiger partial charge in [0.1, 0.15) is 12.4 Å². The molecule has 1 heterocycles. The van der Waals surface area contributed by atoms with Crippen molar-refractivity contribution in [3.8, 4) is 5.75 Å². The fourth-order valence-corrected chi connectivity index (χ4v) is 1.91. The Morgan fingerprint density at radius 2 is 2.20 bits per heavy atom. The minimum atomic E-state index is -0.0104. The Morgan fingerprint density at radius 1 is 1.40 bits per heavy atom. The molecule has 1 aliphatic heterocycles. The third kappa shape index (κ3) is 6.23. The summed E-state index contributed by atoms with van der Waals surface area (Å²) in [6, 6.07) is 9.56. The Kier molecular flexibility index (Phi) is 8.02. The summed E-state index contributed by atoms with van der Waals surface area (Å²) in [5.41, 5.74) is 0. The van der Waals surface area contributed by atoms with Crippen molar-refractivity contribution in [2.45, 2.75) is 12.5 Å². The van der Waals surface area contributed by atoms with E-state index < -0.39 is 0 Å². The van der Waals surface area contributed by atoms with Gasteiger partial charge in [-0.15, -0.1) is 12.4 Å². The summed E-state index contributed by atoms with van der Waals surface area (Å²) in [5.74, 6) is 0.821. The molecular weight excluding hydrogens is 280 g/mol. The Labute approximate surface area is 125 Å². The number of halogens is 1. The van der Waals surface area contributed by atoms with Gasteiger partial charge in [0.2, 0.25) is 5.91 Å². The summed E-state index contributed by atoms with van der Waals surface area (Å²) < 4.78 is 11.0. The van der Waals surface area contributed by atoms with Gasteiger partial charge >= 0.3 is 0 Å². The molecule has 20 heavy (non-hydrogen) atoms. The van der Waals surface area contributed by atoms with E-state index in [1.165, 1.54) is 0 Å². The first-order valence-electron chi connectivity index (χ1n) is 6.61. The van der Waals surface area contributed by atoms with Crippen LogP contribution in [0.4, 0.5) is 0 Å². The molecule has 1 aromatic rings. The summed E-state index contributed by atoms with van der Waals surface area (Å²) in [4.78, 5) is 11.6. The van der Waals surface area contributed by atoms with Crippen LogP contribution in [0.3, 0.4) is 0 Å². The number of amides is 1. The average Bonchev–Trinajstić information content (AvgIpc) is 2.46. The zero-order chi connectivity index (χ0) is 13.3. The van der Waals surface area contributed by atoms with Gasteiger partial charge in [-0.3, -0.25) is 4.79 Å². The van der Waals surface area contributed by atoms with Gasteiger partial charge in [-0.1, -0.05) is 18.2 Å². The molecule has 2 rings (SSSR count). The fraction of sp³-hybridized carbons (Fsp3) is 0.500. The number of nitrogens with one attached hydrogen (secondary N) is 2. The summed E-state index contributed by atoms with van der Waals surface area (Å²) in [6.45, 7) is 3.26. The zero-order valence-electron chi connectivity index (χ0n) is 11.3. The molecule has 112 valence electrons. The van der Waals surface area contributed by atoms with Gasteiger partial charge in [0.05, 0.1) is 25.7 Å². The SMILES string of the molecule is Cl.O=C(CC1CNCCO1)NCCOc1ccccc1. The second-order valence-electron chi connectivity index (χ2n) is 4.41. The second kappa shape index (κ2) is 9.58. The smallest absolute Gasteiger partial charge is 0.222 e. The standard InChI is InChI=1S/C14H20N2O3.ClH/c17-14(10-13-11-15-6-8-19-13)16-7-9-18-12-4-2-1-3-5-12;/h1-5,13,15H,6-11H2,(H,16,17);1H. The van der Waals surface area contributed by atoms with Crippen LogP contribution in [0, 0.1) is 0 Å². The van der Waals surface area contributed by atoms with Gasteiger partial charge in [-0.25, -0.2) is 0 Å². The molecular formula is C14H21ClN2O3. The summed E-state index contributed by atoms with van der Waals surface area (Å²) in [5, 5.41) is 6.03. The van der Waals surface area contributed by atoms with E-state index in [-0.39, 0.29) is 24.4 Å². The number of rotatable bonds is 6. The van der Waals surface area contributed by atoms with Crippen LogP contribution in [-0.4, -0.2) is 44.9 Å². The van der Waals surface area contributed by atoms with Crippen molar-refractivity contribution in [3.63, 3.8) is 0 Å². The quantitative estimate of drug-likeness (QED) is 0.769. The number of morpholine rings is 1. The molecule has 1 saturated heterocycles. The summed E-state index contributed by atoms with van der Waals surface area (Å²) in [7, 11) is 0. The summed E-state index contributed by atoms with van der Waals surface area (Å²) in [6.07, 6.45) is 0.391. The molecule has 1 unspecified atom stereocenters. The number of para-hydroxylation sites is 1. The molecule has 0 aliphatic carbocycles. The second-order valence-corrected chi connectivity index (χ2v) is 4.41. The molecule has 1 aliphatic rings. The van der Waals surface area contributed by atoms with E-state index in [0.717, 1.165) is 18.8 Å². The minimum Gasteiger partial charge on any atom is -0.492 e. The van der Waals surface area contributed by atoms with Crippen molar-refractivity contribution in [2.75, 3.05) is 32.8 Å². The first kappa shape index (κ1) is 16.8. The maximum atomic E-state index is 11.6. The van der Waals surface area contributed by atoms with Crippen molar-refractivity contribution in [1.29, 1.82) is 0 Å². The van der Waals surface area contributed by atoms with Crippen LogP contribution in [0.25, 0.3) is 0 Å². The third-order valence-electron chi connectivity index (χ3n) is 2.85. The number of benzene rings is 1. The minimum absolute atomic E-state index is 0. The van der Waals surface area contributed by atoms with Gasteiger partial charge in [-0.05, 0) is 12.1 Å². The first-order chi connectivity index (χ1) is 9.34. The Balaban J connectivity index is 0.00000200. The fourth-order valence-electron chi connectivity index (χ4n) is 1.91. The number of carbonyl (C=O) groups is 1. The van der Waals surface area contributed by atoms with Crippen LogP contribution >= 0.6 is 12.4 Å². The average molecular weight is 301 g/mol. The Hall–Kier alpha value is -1.30. The van der Waals surface area contributed by atoms with Crippen molar-refractivity contribution in [1.82, 2.24) is 10.6 Å². The van der Waals surface area contributed by atoms with E-state index in [0.29, 0.717) is 26.2 Å². The molecule has 0 radical (unpaired) electrons. The van der Waals surface area contributed by atoms with E-state index in [9.17, 15) is 4.79 Å². The molecule has 1 fully saturated rings. The van der Waals surface area contributed by atoms with Crippen molar-refractivity contribution in [3.05, 3.63) is 30.3 Å². The third-order valence-corrected chi connectivity index (χ3v) is 2.85. The van der Waals surface area contributed by atoms with Crippen LogP contribution < -0.4 is 15.4 Å². The highest BCUT2D eigenvalue weighted by Crippen LogP contribution is 2.07. The maximum Gasteiger partial charge on any atom is 0.222 e. The molecule has 0 saturated carbocycles. The van der Waals surface area contributed by atoms with Crippen LogP contribution in [0.5, 0.6) is 5.75 Å². The molecule has 0 bridgehead atoms. The predicted octanol–water partition coefficient (Wildman–Crippen LogP) is 0.982. The largest absolute Gasteiger partial charge is 0.492 e. The highest BCUT2D eigenvalue weighted by molar-refractivity contribution is 5.85. The van der Waals surface area contributed by atoms with Gasteiger partial charge in [0.25, 0.3) is 0 Å². The maximum absolute atomic E-state index is 11.6. The van der Waals surface area contributed by atoms with Gasteiger partial charge in [0, 0.05) is 13.1 Å². The van der Waals surface area contributed by atoms with E-state index in [1.807, 2.05) is 30.3 Å². The van der Waals surface area contributed by atoms with Gasteiger partial charge < -0.3 is 20.1 Å². The molecule has 0 aromatic heterocycles. The molecule has 1 amide bonds. The lowest BCUT2D eigenvalue weighted by Gasteiger charge is -2.23. The van der Waals surface area contributed by atoms with E-state index in [1.54, 1.807) is 0 Å². The van der Waals surface area contributed by atoms with Crippen molar-refractivity contribution >= 4 is 18.3 Å². The zero-order valence-corrected chi connectivity index (χ0v) is 12.2. The predicted molar refractivity (Wildman–Crippen MR) is 79.4 cm³/mol. The molecule has 6 heteroatoms. The van der Waals surface area contributed by atoms with E-state index in [4.69, 9.17) is 9.47 Å². The van der Waals surface area contributed by atoms with Gasteiger partial charge in [0.15, 0.2) is 0 Å². The van der Waals surface area contributed by atoms with Crippen LogP contribution in [0.1, 0.15) is 6.42 Å². The van der Waals surface area contributed by atoms with E-state index >= 15 is 0 Å². The molecule has 5 nitrogen and oxygen atoms in total.